The lowest BCUT2D eigenvalue weighted by Crippen LogP contribution is -2.55. The minimum atomic E-state index is -4.30. The Morgan fingerprint density at radius 1 is 1.35 bits per heavy atom. The molecule has 0 spiro atoms. The Bertz CT molecular complexity index is 640. The van der Waals surface area contributed by atoms with Gasteiger partial charge in [-0.1, -0.05) is 0 Å². The summed E-state index contributed by atoms with van der Waals surface area (Å²) in [5.41, 5.74) is -1.79. The largest absolute Gasteiger partial charge is 0.480 e. The number of hydrogen-bond donors (Lipinski definition) is 2. The summed E-state index contributed by atoms with van der Waals surface area (Å²) in [6.45, 7) is -0.238. The molecule has 1 heterocycles. The molecular formula is C11H11F2NO5S. The molecule has 110 valence electrons. The van der Waals surface area contributed by atoms with E-state index >= 15 is 0 Å². The number of nitrogens with one attached hydrogen (secondary N) is 1. The Morgan fingerprint density at radius 2 is 2.05 bits per heavy atom. The molecule has 1 atom stereocenters. The zero-order valence-corrected chi connectivity index (χ0v) is 10.9. The molecule has 1 aliphatic rings. The van der Waals surface area contributed by atoms with Crippen LogP contribution in [0.25, 0.3) is 0 Å². The molecule has 0 saturated carbocycles. The molecule has 6 nitrogen and oxygen atoms in total. The first-order valence-electron chi connectivity index (χ1n) is 5.57. The van der Waals surface area contributed by atoms with Crippen LogP contribution in [0, 0.1) is 11.6 Å². The van der Waals surface area contributed by atoms with Crippen LogP contribution < -0.4 is 4.72 Å². The van der Waals surface area contributed by atoms with Gasteiger partial charge in [-0.3, -0.25) is 4.79 Å². The monoisotopic (exact) mass is 307 g/mol. The van der Waals surface area contributed by atoms with Crippen molar-refractivity contribution in [2.45, 2.75) is 16.9 Å². The van der Waals surface area contributed by atoms with Crippen LogP contribution in [0.1, 0.15) is 6.42 Å². The minimum absolute atomic E-state index is 0.0504. The normalized spacial score (nSPS) is 22.9. The summed E-state index contributed by atoms with van der Waals surface area (Å²) in [5.74, 6) is -3.91. The Balaban J connectivity index is 2.35. The van der Waals surface area contributed by atoms with Crippen LogP contribution in [-0.2, 0) is 19.6 Å². The summed E-state index contributed by atoms with van der Waals surface area (Å²) < 4.78 is 56.8. The number of carbonyl (C=O) groups is 1. The maximum atomic E-state index is 13.1. The molecule has 2 N–H and O–H groups in total. The SMILES string of the molecule is O=C(O)C1(NS(=O)(=O)c2ccc(F)c(F)c2)CCOC1. The average Bonchev–Trinajstić information content (AvgIpc) is 2.81. The van der Waals surface area contributed by atoms with Gasteiger partial charge in [0.1, 0.15) is 0 Å². The third-order valence-corrected chi connectivity index (χ3v) is 4.50. The van der Waals surface area contributed by atoms with Crippen molar-refractivity contribution in [2.75, 3.05) is 13.2 Å². The van der Waals surface area contributed by atoms with E-state index < -0.39 is 38.1 Å². The number of aliphatic carboxylic acids is 1. The van der Waals surface area contributed by atoms with E-state index in [1.165, 1.54) is 0 Å². The lowest BCUT2D eigenvalue weighted by molar-refractivity contribution is -0.144. The summed E-state index contributed by atoms with van der Waals surface area (Å²) >= 11 is 0. The van der Waals surface area contributed by atoms with E-state index in [9.17, 15) is 22.0 Å². The lowest BCUT2D eigenvalue weighted by Gasteiger charge is -2.23. The van der Waals surface area contributed by atoms with Gasteiger partial charge in [-0.15, -0.1) is 0 Å². The van der Waals surface area contributed by atoms with Gasteiger partial charge in [0, 0.05) is 13.0 Å². The van der Waals surface area contributed by atoms with E-state index in [4.69, 9.17) is 9.84 Å². The molecule has 0 aromatic heterocycles. The molecule has 1 unspecified atom stereocenters. The van der Waals surface area contributed by atoms with Crippen molar-refractivity contribution < 1.29 is 31.8 Å². The minimum Gasteiger partial charge on any atom is -0.480 e. The van der Waals surface area contributed by atoms with Crippen molar-refractivity contribution in [3.63, 3.8) is 0 Å². The van der Waals surface area contributed by atoms with E-state index in [0.29, 0.717) is 12.1 Å². The highest BCUT2D eigenvalue weighted by Crippen LogP contribution is 2.23. The first-order valence-corrected chi connectivity index (χ1v) is 7.05. The first-order chi connectivity index (χ1) is 9.27. The molecule has 1 fully saturated rings. The smallest absolute Gasteiger partial charge is 0.327 e. The quantitative estimate of drug-likeness (QED) is 0.844. The van der Waals surface area contributed by atoms with Crippen LogP contribution in [0.4, 0.5) is 8.78 Å². The molecule has 20 heavy (non-hydrogen) atoms. The number of ether oxygens (including phenoxy) is 1. The maximum absolute atomic E-state index is 13.1. The van der Waals surface area contributed by atoms with Gasteiger partial charge < -0.3 is 9.84 Å². The van der Waals surface area contributed by atoms with Crippen molar-refractivity contribution in [1.29, 1.82) is 0 Å². The second-order valence-corrected chi connectivity index (χ2v) is 6.05. The van der Waals surface area contributed by atoms with Gasteiger partial charge >= 0.3 is 5.97 Å². The van der Waals surface area contributed by atoms with Gasteiger partial charge in [0.15, 0.2) is 17.2 Å². The fourth-order valence-electron chi connectivity index (χ4n) is 1.82. The number of carboxylic acid groups (broad SMARTS) is 1. The number of carboxylic acids is 1. The van der Waals surface area contributed by atoms with E-state index in [1.807, 2.05) is 4.72 Å². The highest BCUT2D eigenvalue weighted by molar-refractivity contribution is 7.89. The third-order valence-electron chi connectivity index (χ3n) is 2.96. The Morgan fingerprint density at radius 3 is 2.55 bits per heavy atom. The summed E-state index contributed by atoms with van der Waals surface area (Å²) in [4.78, 5) is 10.7. The summed E-state index contributed by atoms with van der Waals surface area (Å²) in [6, 6.07) is 2.00. The van der Waals surface area contributed by atoms with Crippen LogP contribution in [0.15, 0.2) is 23.1 Å². The molecule has 9 heteroatoms. The number of benzene rings is 1. The van der Waals surface area contributed by atoms with Crippen molar-refractivity contribution in [2.24, 2.45) is 0 Å². The van der Waals surface area contributed by atoms with Gasteiger partial charge in [0.05, 0.1) is 11.5 Å². The Labute approximate surface area is 113 Å². The second-order valence-electron chi connectivity index (χ2n) is 4.37. The summed E-state index contributed by atoms with van der Waals surface area (Å²) in [6.07, 6.45) is -0.0504. The molecule has 2 rings (SSSR count). The highest BCUT2D eigenvalue weighted by Gasteiger charge is 2.46. The molecule has 1 aromatic rings. The van der Waals surface area contributed by atoms with Crippen molar-refractivity contribution in [1.82, 2.24) is 4.72 Å². The van der Waals surface area contributed by atoms with Gasteiger partial charge in [-0.05, 0) is 18.2 Å². The van der Waals surface area contributed by atoms with Crippen molar-refractivity contribution in [3.8, 4) is 0 Å². The first kappa shape index (κ1) is 14.8. The van der Waals surface area contributed by atoms with Gasteiger partial charge in [-0.25, -0.2) is 17.2 Å². The molecule has 1 aliphatic heterocycles. The molecule has 0 radical (unpaired) electrons. The maximum Gasteiger partial charge on any atom is 0.327 e. The van der Waals surface area contributed by atoms with E-state index in [2.05, 4.69) is 0 Å². The van der Waals surface area contributed by atoms with Crippen LogP contribution >= 0.6 is 0 Å². The molecular weight excluding hydrogens is 296 g/mol. The average molecular weight is 307 g/mol. The Hall–Kier alpha value is -1.58. The highest BCUT2D eigenvalue weighted by atomic mass is 32.2. The van der Waals surface area contributed by atoms with Gasteiger partial charge in [-0.2, -0.15) is 4.72 Å². The van der Waals surface area contributed by atoms with Crippen molar-refractivity contribution in [3.05, 3.63) is 29.8 Å². The fourth-order valence-corrected chi connectivity index (χ4v) is 3.20. The lowest BCUT2D eigenvalue weighted by atomic mass is 10.0. The van der Waals surface area contributed by atoms with Crippen LogP contribution in [0.5, 0.6) is 0 Å². The predicted molar refractivity (Wildman–Crippen MR) is 62.5 cm³/mol. The fraction of sp³-hybridized carbons (Fsp3) is 0.364. The number of sulfonamides is 1. The van der Waals surface area contributed by atoms with Gasteiger partial charge in [0.2, 0.25) is 10.0 Å². The summed E-state index contributed by atoms with van der Waals surface area (Å²) in [7, 11) is -4.30. The molecule has 0 aliphatic carbocycles. The zero-order chi connectivity index (χ0) is 15.0. The standard InChI is InChI=1S/C11H11F2NO5S/c12-8-2-1-7(5-9(8)13)20(17,18)14-11(10(15)16)3-4-19-6-11/h1-2,5,14H,3-4,6H2,(H,15,16). The summed E-state index contributed by atoms with van der Waals surface area (Å²) in [5, 5.41) is 9.13. The number of halogens is 2. The molecule has 0 amide bonds. The van der Waals surface area contributed by atoms with E-state index in [-0.39, 0.29) is 19.6 Å². The molecule has 1 aromatic carbocycles. The molecule has 1 saturated heterocycles. The van der Waals surface area contributed by atoms with Crippen molar-refractivity contribution >= 4 is 16.0 Å². The van der Waals surface area contributed by atoms with E-state index in [1.54, 1.807) is 0 Å². The van der Waals surface area contributed by atoms with Crippen LogP contribution in [0.3, 0.4) is 0 Å². The zero-order valence-electron chi connectivity index (χ0n) is 10.1. The number of rotatable bonds is 4. The number of hydrogen-bond acceptors (Lipinski definition) is 4. The van der Waals surface area contributed by atoms with E-state index in [0.717, 1.165) is 6.07 Å². The topological polar surface area (TPSA) is 92.7 Å². The van der Waals surface area contributed by atoms with Crippen LogP contribution in [0.2, 0.25) is 0 Å². The second kappa shape index (κ2) is 5.08. The van der Waals surface area contributed by atoms with Gasteiger partial charge in [0.25, 0.3) is 0 Å². The predicted octanol–water partition coefficient (Wildman–Crippen LogP) is 0.487. The third kappa shape index (κ3) is 2.65. The van der Waals surface area contributed by atoms with Crippen LogP contribution in [-0.4, -0.2) is 38.2 Å². The molecule has 0 bridgehead atoms. The Kier molecular flexibility index (Phi) is 3.76.